The molecule has 1 fully saturated rings. The van der Waals surface area contributed by atoms with Gasteiger partial charge >= 0.3 is 5.97 Å². The van der Waals surface area contributed by atoms with Crippen LogP contribution in [0.3, 0.4) is 0 Å². The van der Waals surface area contributed by atoms with Crippen molar-refractivity contribution in [3.63, 3.8) is 0 Å². The van der Waals surface area contributed by atoms with Gasteiger partial charge in [-0.15, -0.1) is 0 Å². The average molecular weight is 298 g/mol. The van der Waals surface area contributed by atoms with Crippen molar-refractivity contribution in [2.24, 2.45) is 0 Å². The SMILES string of the molecule is O=C(O)C(Cc1ccc(F)c(F)c1)NC(=O)[C@@H]1CCCN1. The Morgan fingerprint density at radius 2 is 2.14 bits per heavy atom. The summed E-state index contributed by atoms with van der Waals surface area (Å²) in [6.07, 6.45) is 1.41. The fraction of sp³-hybridized carbons (Fsp3) is 0.429. The van der Waals surface area contributed by atoms with Gasteiger partial charge in [-0.1, -0.05) is 6.07 Å². The van der Waals surface area contributed by atoms with Gasteiger partial charge < -0.3 is 15.7 Å². The predicted molar refractivity (Wildman–Crippen MR) is 70.7 cm³/mol. The minimum Gasteiger partial charge on any atom is -0.480 e. The number of carbonyl (C=O) groups is 2. The zero-order valence-corrected chi connectivity index (χ0v) is 11.2. The van der Waals surface area contributed by atoms with Crippen molar-refractivity contribution in [1.82, 2.24) is 10.6 Å². The van der Waals surface area contributed by atoms with Crippen LogP contribution in [0, 0.1) is 11.6 Å². The van der Waals surface area contributed by atoms with Gasteiger partial charge in [-0.2, -0.15) is 0 Å². The first-order valence-corrected chi connectivity index (χ1v) is 6.68. The number of carboxylic acids is 1. The second-order valence-corrected chi connectivity index (χ2v) is 5.00. The van der Waals surface area contributed by atoms with Crippen LogP contribution in [0.1, 0.15) is 18.4 Å². The second kappa shape index (κ2) is 6.62. The molecule has 3 N–H and O–H groups in total. The molecule has 1 heterocycles. The van der Waals surface area contributed by atoms with Crippen LogP contribution in [0.2, 0.25) is 0 Å². The number of carbonyl (C=O) groups excluding carboxylic acids is 1. The molecule has 0 aromatic heterocycles. The molecule has 21 heavy (non-hydrogen) atoms. The van der Waals surface area contributed by atoms with Crippen molar-refractivity contribution in [2.45, 2.75) is 31.3 Å². The summed E-state index contributed by atoms with van der Waals surface area (Å²) in [6, 6.07) is 1.60. The molecule has 1 saturated heterocycles. The maximum Gasteiger partial charge on any atom is 0.326 e. The zero-order valence-electron chi connectivity index (χ0n) is 11.2. The first-order chi connectivity index (χ1) is 9.97. The summed E-state index contributed by atoms with van der Waals surface area (Å²) in [5.41, 5.74) is 0.306. The summed E-state index contributed by atoms with van der Waals surface area (Å²) in [5.74, 6) is -3.64. The van der Waals surface area contributed by atoms with Gasteiger partial charge in [-0.25, -0.2) is 13.6 Å². The van der Waals surface area contributed by atoms with Crippen molar-refractivity contribution >= 4 is 11.9 Å². The van der Waals surface area contributed by atoms with E-state index in [0.29, 0.717) is 12.0 Å². The molecule has 1 aliphatic heterocycles. The van der Waals surface area contributed by atoms with Crippen LogP contribution >= 0.6 is 0 Å². The van der Waals surface area contributed by atoms with E-state index in [2.05, 4.69) is 10.6 Å². The third-order valence-corrected chi connectivity index (χ3v) is 3.42. The van der Waals surface area contributed by atoms with Gasteiger partial charge in [-0.3, -0.25) is 4.79 Å². The third-order valence-electron chi connectivity index (χ3n) is 3.42. The van der Waals surface area contributed by atoms with E-state index in [9.17, 15) is 18.4 Å². The van der Waals surface area contributed by atoms with Crippen molar-refractivity contribution in [1.29, 1.82) is 0 Å². The van der Waals surface area contributed by atoms with Crippen molar-refractivity contribution in [2.75, 3.05) is 6.54 Å². The van der Waals surface area contributed by atoms with Gasteiger partial charge in [0, 0.05) is 6.42 Å². The zero-order chi connectivity index (χ0) is 15.4. The van der Waals surface area contributed by atoms with E-state index in [1.807, 2.05) is 0 Å². The molecule has 0 bridgehead atoms. The Labute approximate surface area is 120 Å². The molecular formula is C14H16F2N2O3. The quantitative estimate of drug-likeness (QED) is 0.752. The lowest BCUT2D eigenvalue weighted by atomic mass is 10.0. The molecule has 0 radical (unpaired) electrons. The topological polar surface area (TPSA) is 78.4 Å². The maximum atomic E-state index is 13.1. The summed E-state index contributed by atoms with van der Waals surface area (Å²) in [5, 5.41) is 14.5. The molecule has 1 aromatic carbocycles. The predicted octanol–water partition coefficient (Wildman–Crippen LogP) is 0.829. The summed E-state index contributed by atoms with van der Waals surface area (Å²) >= 11 is 0. The third kappa shape index (κ3) is 3.98. The Hall–Kier alpha value is -2.02. The number of hydrogen-bond donors (Lipinski definition) is 3. The molecule has 0 saturated carbocycles. The van der Waals surface area contributed by atoms with Gasteiger partial charge in [0.15, 0.2) is 11.6 Å². The van der Waals surface area contributed by atoms with Crippen molar-refractivity contribution in [3.05, 3.63) is 35.4 Å². The highest BCUT2D eigenvalue weighted by Crippen LogP contribution is 2.11. The van der Waals surface area contributed by atoms with Gasteiger partial charge in [0.05, 0.1) is 6.04 Å². The van der Waals surface area contributed by atoms with Crippen molar-refractivity contribution in [3.8, 4) is 0 Å². The summed E-state index contributed by atoms with van der Waals surface area (Å²) in [4.78, 5) is 23.1. The molecular weight excluding hydrogens is 282 g/mol. The number of benzene rings is 1. The first-order valence-electron chi connectivity index (χ1n) is 6.68. The highest BCUT2D eigenvalue weighted by atomic mass is 19.2. The molecule has 2 rings (SSSR count). The van der Waals surface area contributed by atoms with Gasteiger partial charge in [-0.05, 0) is 37.1 Å². The minimum atomic E-state index is -1.22. The number of hydrogen-bond acceptors (Lipinski definition) is 3. The molecule has 1 aliphatic rings. The normalized spacial score (nSPS) is 19.2. The highest BCUT2D eigenvalue weighted by Gasteiger charge is 2.27. The molecule has 5 nitrogen and oxygen atoms in total. The number of amides is 1. The molecule has 1 aromatic rings. The lowest BCUT2D eigenvalue weighted by molar-refractivity contribution is -0.142. The van der Waals surface area contributed by atoms with Crippen LogP contribution < -0.4 is 10.6 Å². The number of nitrogens with one attached hydrogen (secondary N) is 2. The lowest BCUT2D eigenvalue weighted by Gasteiger charge is -2.17. The molecule has 1 unspecified atom stereocenters. The van der Waals surface area contributed by atoms with Crippen LogP contribution in [0.5, 0.6) is 0 Å². The van der Waals surface area contributed by atoms with Gasteiger partial charge in [0.1, 0.15) is 6.04 Å². The standard InChI is InChI=1S/C14H16F2N2O3/c15-9-4-3-8(6-10(9)16)7-12(14(20)21)18-13(19)11-2-1-5-17-11/h3-4,6,11-12,17H,1-2,5,7H2,(H,18,19)(H,20,21)/t11-,12?/m0/s1. The number of rotatable bonds is 5. The van der Waals surface area contributed by atoms with Crippen LogP contribution in [0.25, 0.3) is 0 Å². The molecule has 0 aliphatic carbocycles. The largest absolute Gasteiger partial charge is 0.480 e. The summed E-state index contributed by atoms with van der Waals surface area (Å²) in [6.45, 7) is 0.721. The molecule has 114 valence electrons. The van der Waals surface area contributed by atoms with E-state index < -0.39 is 29.7 Å². The van der Waals surface area contributed by atoms with E-state index in [1.165, 1.54) is 6.07 Å². The Bertz CT molecular complexity index is 545. The molecule has 0 spiro atoms. The van der Waals surface area contributed by atoms with E-state index in [-0.39, 0.29) is 12.3 Å². The van der Waals surface area contributed by atoms with Crippen LogP contribution in [0.15, 0.2) is 18.2 Å². The van der Waals surface area contributed by atoms with Crippen molar-refractivity contribution < 1.29 is 23.5 Å². The Morgan fingerprint density at radius 1 is 1.38 bits per heavy atom. The molecule has 2 atom stereocenters. The fourth-order valence-electron chi connectivity index (χ4n) is 2.28. The smallest absolute Gasteiger partial charge is 0.326 e. The number of halogens is 2. The molecule has 7 heteroatoms. The highest BCUT2D eigenvalue weighted by molar-refractivity contribution is 5.87. The van der Waals surface area contributed by atoms with Crippen LogP contribution in [-0.4, -0.2) is 35.6 Å². The fourth-order valence-corrected chi connectivity index (χ4v) is 2.28. The van der Waals surface area contributed by atoms with E-state index in [0.717, 1.165) is 25.1 Å². The van der Waals surface area contributed by atoms with Gasteiger partial charge in [0.2, 0.25) is 5.91 Å². The summed E-state index contributed by atoms with van der Waals surface area (Å²) in [7, 11) is 0. The monoisotopic (exact) mass is 298 g/mol. The lowest BCUT2D eigenvalue weighted by Crippen LogP contribution is -2.49. The van der Waals surface area contributed by atoms with E-state index >= 15 is 0 Å². The van der Waals surface area contributed by atoms with E-state index in [1.54, 1.807) is 0 Å². The van der Waals surface area contributed by atoms with Gasteiger partial charge in [0.25, 0.3) is 0 Å². The summed E-state index contributed by atoms with van der Waals surface area (Å²) < 4.78 is 26.0. The maximum absolute atomic E-state index is 13.1. The number of carboxylic acid groups (broad SMARTS) is 1. The Balaban J connectivity index is 2.03. The first kappa shape index (κ1) is 15.4. The van der Waals surface area contributed by atoms with E-state index in [4.69, 9.17) is 5.11 Å². The Morgan fingerprint density at radius 3 is 2.71 bits per heavy atom. The Kier molecular flexibility index (Phi) is 4.85. The van der Waals surface area contributed by atoms with Crippen LogP contribution in [0.4, 0.5) is 8.78 Å². The molecule has 1 amide bonds. The number of aliphatic carboxylic acids is 1. The second-order valence-electron chi connectivity index (χ2n) is 5.00. The average Bonchev–Trinajstić information content (AvgIpc) is 2.96. The van der Waals surface area contributed by atoms with Crippen LogP contribution in [-0.2, 0) is 16.0 Å². The minimum absolute atomic E-state index is 0.106.